The van der Waals surface area contributed by atoms with Crippen LogP contribution in [0.4, 0.5) is 4.79 Å². The summed E-state index contributed by atoms with van der Waals surface area (Å²) in [7, 11) is 0. The van der Waals surface area contributed by atoms with E-state index in [1.807, 2.05) is 30.3 Å². The molecule has 0 aromatic heterocycles. The zero-order valence-corrected chi connectivity index (χ0v) is 17.8. The third-order valence-corrected chi connectivity index (χ3v) is 4.46. The Morgan fingerprint density at radius 3 is 2.40 bits per heavy atom. The maximum Gasteiger partial charge on any atom is 0.407 e. The average molecular weight is 421 g/mol. The van der Waals surface area contributed by atoms with Crippen LogP contribution in [0.2, 0.25) is 0 Å². The number of esters is 1. The lowest BCUT2D eigenvalue weighted by Gasteiger charge is -2.19. The highest BCUT2D eigenvalue weighted by molar-refractivity contribution is 5.88. The van der Waals surface area contributed by atoms with E-state index >= 15 is 0 Å². The molecule has 30 heavy (non-hydrogen) atoms. The zero-order chi connectivity index (χ0) is 22.2. The van der Waals surface area contributed by atoms with Crippen LogP contribution in [0.25, 0.3) is 0 Å². The van der Waals surface area contributed by atoms with Crippen LogP contribution in [-0.4, -0.2) is 29.8 Å². The van der Waals surface area contributed by atoms with Crippen LogP contribution in [0, 0.1) is 4.91 Å². The molecule has 0 heterocycles. The van der Waals surface area contributed by atoms with Gasteiger partial charge in [-0.05, 0) is 24.1 Å². The minimum absolute atomic E-state index is 0.0516. The van der Waals surface area contributed by atoms with Gasteiger partial charge in [0.15, 0.2) is 0 Å². The predicted octanol–water partition coefficient (Wildman–Crippen LogP) is 5.13. The predicted molar refractivity (Wildman–Crippen MR) is 114 cm³/mol. The zero-order valence-electron chi connectivity index (χ0n) is 17.8. The van der Waals surface area contributed by atoms with Gasteiger partial charge in [-0.3, -0.25) is 0 Å². The Hall–Kier alpha value is -2.90. The fourth-order valence-corrected chi connectivity index (χ4v) is 2.89. The molecule has 8 heteroatoms. The molecule has 1 rings (SSSR count). The maximum absolute atomic E-state index is 12.2. The molecule has 1 aromatic rings. The molecule has 166 valence electrons. The molecule has 0 radical (unpaired) electrons. The smallest absolute Gasteiger partial charge is 0.407 e. The fourth-order valence-electron chi connectivity index (χ4n) is 2.89. The summed E-state index contributed by atoms with van der Waals surface area (Å²) in [6.45, 7) is 3.87. The topological polar surface area (TPSA) is 114 Å². The van der Waals surface area contributed by atoms with E-state index in [0.29, 0.717) is 6.42 Å². The molecule has 0 aliphatic carbocycles. The Morgan fingerprint density at radius 1 is 1.07 bits per heavy atom. The summed E-state index contributed by atoms with van der Waals surface area (Å²) < 4.78 is 9.96. The monoisotopic (exact) mass is 420 g/mol. The van der Waals surface area contributed by atoms with Gasteiger partial charge in [0.05, 0.1) is 6.61 Å². The van der Waals surface area contributed by atoms with E-state index in [0.717, 1.165) is 37.7 Å². The first kappa shape index (κ1) is 25.1. The first-order chi connectivity index (χ1) is 14.5. The minimum atomic E-state index is -0.988. The van der Waals surface area contributed by atoms with Crippen molar-refractivity contribution < 1.29 is 24.2 Å². The summed E-state index contributed by atoms with van der Waals surface area (Å²) in [5, 5.41) is 15.5. The summed E-state index contributed by atoms with van der Waals surface area (Å²) >= 11 is 0. The molecule has 0 bridgehead atoms. The Balaban J connectivity index is 2.73. The maximum atomic E-state index is 12.2. The van der Waals surface area contributed by atoms with Crippen molar-refractivity contribution in [2.45, 2.75) is 71.4 Å². The number of aliphatic hydroxyl groups excluding tert-OH is 1. The molecular formula is C22H32N2O6. The Bertz CT molecular complexity index is 690. The van der Waals surface area contributed by atoms with E-state index in [1.54, 1.807) is 6.92 Å². The molecule has 1 amide bonds. The molecule has 0 fully saturated rings. The van der Waals surface area contributed by atoms with Gasteiger partial charge in [-0.15, -0.1) is 4.91 Å². The largest absolute Gasteiger partial charge is 0.510 e. The van der Waals surface area contributed by atoms with Crippen LogP contribution in [-0.2, 0) is 20.9 Å². The Labute approximate surface area is 177 Å². The molecule has 8 nitrogen and oxygen atoms in total. The van der Waals surface area contributed by atoms with Crippen LogP contribution < -0.4 is 5.32 Å². The lowest BCUT2D eigenvalue weighted by Crippen LogP contribution is -2.36. The minimum Gasteiger partial charge on any atom is -0.510 e. The quantitative estimate of drug-likeness (QED) is 0.142. The molecule has 0 aliphatic heterocycles. The standard InChI is InChI=1S/C22H32N2O6/c1-3-5-6-7-11-14-18(15-19(25)20(24-28)21(26)29-4-2)23-22(27)30-16-17-12-9-8-10-13-17/h8-10,12-13,18,25H,3-7,11,14-16H2,1-2H3,(H,23,27)/b20-19+/t18-/m1/s1. The Morgan fingerprint density at radius 2 is 1.77 bits per heavy atom. The molecule has 0 unspecified atom stereocenters. The fraction of sp³-hybridized carbons (Fsp3) is 0.545. The number of benzene rings is 1. The van der Waals surface area contributed by atoms with Crippen LogP contribution in [0.15, 0.2) is 47.0 Å². The first-order valence-corrected chi connectivity index (χ1v) is 10.4. The normalized spacial score (nSPS) is 12.5. The number of nitrogens with one attached hydrogen (secondary N) is 1. The number of amides is 1. The second-order valence-corrected chi connectivity index (χ2v) is 6.92. The molecule has 0 aliphatic rings. The van der Waals surface area contributed by atoms with Crippen molar-refractivity contribution in [2.75, 3.05) is 6.61 Å². The van der Waals surface area contributed by atoms with Crippen LogP contribution in [0.5, 0.6) is 0 Å². The molecule has 0 spiro atoms. The first-order valence-electron chi connectivity index (χ1n) is 10.4. The number of carbonyl (C=O) groups is 2. The third kappa shape index (κ3) is 10.0. The number of hydrogen-bond donors (Lipinski definition) is 2. The second-order valence-electron chi connectivity index (χ2n) is 6.92. The van der Waals surface area contributed by atoms with Gasteiger partial charge in [0.1, 0.15) is 12.4 Å². The number of hydrogen-bond acceptors (Lipinski definition) is 7. The number of nitroso groups, excluding NO2 is 1. The number of nitrogens with zero attached hydrogens (tertiary/aromatic N) is 1. The number of rotatable bonds is 14. The number of ether oxygens (including phenoxy) is 2. The van der Waals surface area contributed by atoms with Gasteiger partial charge in [-0.1, -0.05) is 69.4 Å². The van der Waals surface area contributed by atoms with E-state index in [9.17, 15) is 19.6 Å². The molecule has 1 aromatic carbocycles. The second kappa shape index (κ2) is 15.0. The van der Waals surface area contributed by atoms with Gasteiger partial charge in [-0.25, -0.2) is 9.59 Å². The van der Waals surface area contributed by atoms with Crippen molar-refractivity contribution in [3.63, 3.8) is 0 Å². The highest BCUT2D eigenvalue weighted by Gasteiger charge is 2.22. The van der Waals surface area contributed by atoms with Crippen molar-refractivity contribution in [3.05, 3.63) is 52.3 Å². The molecule has 1 atom stereocenters. The van der Waals surface area contributed by atoms with Crippen LogP contribution in [0.1, 0.15) is 64.4 Å². The van der Waals surface area contributed by atoms with Crippen molar-refractivity contribution in [3.8, 4) is 0 Å². The molecule has 0 saturated carbocycles. The van der Waals surface area contributed by atoms with Crippen molar-refractivity contribution in [2.24, 2.45) is 5.18 Å². The number of alkyl carbamates (subject to hydrolysis) is 1. The average Bonchev–Trinajstić information content (AvgIpc) is 2.73. The van der Waals surface area contributed by atoms with Crippen molar-refractivity contribution in [1.82, 2.24) is 5.32 Å². The van der Waals surface area contributed by atoms with Crippen molar-refractivity contribution >= 4 is 12.1 Å². The lowest BCUT2D eigenvalue weighted by atomic mass is 10.0. The van der Waals surface area contributed by atoms with Gasteiger partial charge in [0.2, 0.25) is 5.70 Å². The van der Waals surface area contributed by atoms with Gasteiger partial charge in [-0.2, -0.15) is 0 Å². The van der Waals surface area contributed by atoms with E-state index in [4.69, 9.17) is 9.47 Å². The van der Waals surface area contributed by atoms with Gasteiger partial charge in [0.25, 0.3) is 0 Å². The van der Waals surface area contributed by atoms with Crippen molar-refractivity contribution in [1.29, 1.82) is 0 Å². The number of unbranched alkanes of at least 4 members (excludes halogenated alkanes) is 4. The summed E-state index contributed by atoms with van der Waals surface area (Å²) in [4.78, 5) is 35.0. The summed E-state index contributed by atoms with van der Waals surface area (Å²) in [6.07, 6.45) is 4.92. The summed E-state index contributed by atoms with van der Waals surface area (Å²) in [5.41, 5.74) is 0.175. The lowest BCUT2D eigenvalue weighted by molar-refractivity contribution is -0.138. The van der Waals surface area contributed by atoms with E-state index in [2.05, 4.69) is 17.4 Å². The van der Waals surface area contributed by atoms with Crippen LogP contribution >= 0.6 is 0 Å². The SMILES string of the molecule is CCCCCCC[C@H](C/C(O)=C(\N=O)C(=O)OCC)NC(=O)OCc1ccccc1. The van der Waals surface area contributed by atoms with E-state index < -0.39 is 29.6 Å². The van der Waals surface area contributed by atoms with Gasteiger partial charge >= 0.3 is 12.1 Å². The molecule has 2 N–H and O–H groups in total. The highest BCUT2D eigenvalue weighted by Crippen LogP contribution is 2.17. The molecular weight excluding hydrogens is 388 g/mol. The van der Waals surface area contributed by atoms with E-state index in [-0.39, 0.29) is 19.6 Å². The Kier molecular flexibility index (Phi) is 12.6. The molecule has 0 saturated heterocycles. The van der Waals surface area contributed by atoms with Gasteiger partial charge in [0, 0.05) is 12.5 Å². The summed E-state index contributed by atoms with van der Waals surface area (Å²) in [5.74, 6) is -1.50. The van der Waals surface area contributed by atoms with Crippen LogP contribution in [0.3, 0.4) is 0 Å². The highest BCUT2D eigenvalue weighted by atomic mass is 16.5. The number of aliphatic hydroxyl groups is 1. The third-order valence-electron chi connectivity index (χ3n) is 4.46. The summed E-state index contributed by atoms with van der Waals surface area (Å²) in [6, 6.07) is 8.74. The number of carbonyl (C=O) groups excluding carboxylic acids is 2. The van der Waals surface area contributed by atoms with E-state index in [1.165, 1.54) is 0 Å². The van der Waals surface area contributed by atoms with Gasteiger partial charge < -0.3 is 19.9 Å².